The molecule has 2 aromatic carbocycles. The zero-order chi connectivity index (χ0) is 23.0. The van der Waals surface area contributed by atoms with Crippen molar-refractivity contribution < 1.29 is 14.1 Å². The lowest BCUT2D eigenvalue weighted by Crippen LogP contribution is -2.05. The molecule has 31 heavy (non-hydrogen) atoms. The van der Waals surface area contributed by atoms with Gasteiger partial charge in [-0.15, -0.1) is 0 Å². The molecule has 0 spiro atoms. The van der Waals surface area contributed by atoms with E-state index in [1.54, 1.807) is 36.5 Å². The van der Waals surface area contributed by atoms with Crippen molar-refractivity contribution >= 4 is 40.7 Å². The fourth-order valence-corrected chi connectivity index (χ4v) is 3.03. The van der Waals surface area contributed by atoms with Crippen LogP contribution in [0.3, 0.4) is 0 Å². The van der Waals surface area contributed by atoms with Crippen LogP contribution in [0.5, 0.6) is 0 Å². The Hall–Kier alpha value is -3.08. The molecule has 0 atom stereocenters. The summed E-state index contributed by atoms with van der Waals surface area (Å²) in [4.78, 5) is 30.2. The SMILES string of the molecule is CNc1nc(SC)ncc1CN.O=C(c1ccccc1)c1cc([N+](=O)[O-])c(F)cc1Cl. The van der Waals surface area contributed by atoms with Crippen molar-refractivity contribution in [3.63, 3.8) is 0 Å². The lowest BCUT2D eigenvalue weighted by Gasteiger charge is -2.05. The molecule has 3 N–H and O–H groups in total. The second-order valence-electron chi connectivity index (χ2n) is 5.92. The number of nitrogens with zero attached hydrogens (tertiary/aromatic N) is 3. The van der Waals surface area contributed by atoms with Crippen LogP contribution in [0.2, 0.25) is 5.02 Å². The van der Waals surface area contributed by atoms with Gasteiger partial charge in [0.1, 0.15) is 5.82 Å². The average Bonchev–Trinajstić information content (AvgIpc) is 2.79. The quantitative estimate of drug-likeness (QED) is 0.182. The molecule has 8 nitrogen and oxygen atoms in total. The van der Waals surface area contributed by atoms with E-state index in [1.807, 2.05) is 13.3 Å². The molecule has 162 valence electrons. The van der Waals surface area contributed by atoms with Crippen molar-refractivity contribution in [1.29, 1.82) is 0 Å². The monoisotopic (exact) mass is 463 g/mol. The summed E-state index contributed by atoms with van der Waals surface area (Å²) in [6, 6.07) is 9.76. The maximum Gasteiger partial charge on any atom is 0.305 e. The number of hydrogen-bond donors (Lipinski definition) is 2. The number of nitro groups is 1. The highest BCUT2D eigenvalue weighted by molar-refractivity contribution is 7.98. The van der Waals surface area contributed by atoms with Gasteiger partial charge in [0.15, 0.2) is 10.9 Å². The molecule has 0 aliphatic carbocycles. The van der Waals surface area contributed by atoms with Gasteiger partial charge in [0.25, 0.3) is 0 Å². The Labute approximate surface area is 187 Å². The number of carbonyl (C=O) groups is 1. The van der Waals surface area contributed by atoms with Crippen molar-refractivity contribution in [3.8, 4) is 0 Å². The zero-order valence-electron chi connectivity index (χ0n) is 16.6. The van der Waals surface area contributed by atoms with Crippen LogP contribution in [0, 0.1) is 15.9 Å². The standard InChI is InChI=1S/C13H7ClFNO3.C7H12N4S/c14-10-7-11(15)12(16(18)19)6-9(10)13(17)8-4-2-1-3-5-8;1-9-6-5(3-8)4-10-7(11-6)12-2/h1-7H;4H,3,8H2,1-2H3,(H,9,10,11). The van der Waals surface area contributed by atoms with Gasteiger partial charge in [0.2, 0.25) is 5.82 Å². The van der Waals surface area contributed by atoms with Gasteiger partial charge in [0.05, 0.1) is 9.95 Å². The number of rotatable bonds is 6. The normalized spacial score (nSPS) is 10.1. The highest BCUT2D eigenvalue weighted by atomic mass is 35.5. The third kappa shape index (κ3) is 6.20. The molecular weight excluding hydrogens is 445 g/mol. The molecule has 0 aliphatic rings. The van der Waals surface area contributed by atoms with Crippen molar-refractivity contribution in [2.75, 3.05) is 18.6 Å². The van der Waals surface area contributed by atoms with Crippen LogP contribution < -0.4 is 11.1 Å². The Morgan fingerprint density at radius 2 is 2.00 bits per heavy atom. The van der Waals surface area contributed by atoms with E-state index < -0.39 is 22.2 Å². The van der Waals surface area contributed by atoms with E-state index in [4.69, 9.17) is 17.3 Å². The molecule has 0 saturated carbocycles. The molecule has 0 amide bonds. The number of anilines is 1. The van der Waals surface area contributed by atoms with Crippen molar-refractivity contribution in [1.82, 2.24) is 9.97 Å². The second kappa shape index (κ2) is 11.3. The number of nitro benzene ring substituents is 1. The molecule has 11 heteroatoms. The molecule has 0 fully saturated rings. The van der Waals surface area contributed by atoms with Crippen LogP contribution in [0.25, 0.3) is 0 Å². The minimum Gasteiger partial charge on any atom is -0.373 e. The van der Waals surface area contributed by atoms with Crippen LogP contribution in [-0.2, 0) is 6.54 Å². The average molecular weight is 464 g/mol. The summed E-state index contributed by atoms with van der Waals surface area (Å²) < 4.78 is 13.3. The summed E-state index contributed by atoms with van der Waals surface area (Å²) in [5.41, 5.74) is 5.88. The summed E-state index contributed by atoms with van der Waals surface area (Å²) in [5.74, 6) is -0.745. The van der Waals surface area contributed by atoms with E-state index in [-0.39, 0.29) is 10.6 Å². The number of ketones is 1. The first-order valence-corrected chi connectivity index (χ1v) is 10.4. The third-order valence-electron chi connectivity index (χ3n) is 4.00. The first-order valence-electron chi connectivity index (χ1n) is 8.83. The molecule has 0 bridgehead atoms. The maximum atomic E-state index is 13.3. The highest BCUT2D eigenvalue weighted by Crippen LogP contribution is 2.27. The van der Waals surface area contributed by atoms with E-state index in [0.29, 0.717) is 12.1 Å². The van der Waals surface area contributed by atoms with Crippen LogP contribution in [0.4, 0.5) is 15.9 Å². The van der Waals surface area contributed by atoms with Gasteiger partial charge >= 0.3 is 5.69 Å². The van der Waals surface area contributed by atoms with Crippen LogP contribution in [0.15, 0.2) is 53.8 Å². The Morgan fingerprint density at radius 1 is 1.32 bits per heavy atom. The summed E-state index contributed by atoms with van der Waals surface area (Å²) in [6.07, 6.45) is 3.70. The fourth-order valence-electron chi connectivity index (χ4n) is 2.45. The summed E-state index contributed by atoms with van der Waals surface area (Å²) in [6.45, 7) is 0.463. The minimum atomic E-state index is -1.07. The fraction of sp³-hybridized carbons (Fsp3) is 0.150. The topological polar surface area (TPSA) is 124 Å². The number of hydrogen-bond acceptors (Lipinski definition) is 8. The predicted octanol–water partition coefficient (Wildman–Crippen LogP) is 4.32. The molecule has 0 saturated heterocycles. The zero-order valence-corrected chi connectivity index (χ0v) is 18.2. The first kappa shape index (κ1) is 24.2. The van der Waals surface area contributed by atoms with Crippen LogP contribution in [0.1, 0.15) is 21.5 Å². The van der Waals surface area contributed by atoms with Gasteiger partial charge in [-0.3, -0.25) is 14.9 Å². The van der Waals surface area contributed by atoms with Gasteiger partial charge < -0.3 is 11.1 Å². The predicted molar refractivity (Wildman–Crippen MR) is 119 cm³/mol. The number of nitrogens with one attached hydrogen (secondary N) is 1. The lowest BCUT2D eigenvalue weighted by atomic mass is 10.0. The third-order valence-corrected chi connectivity index (χ3v) is 4.87. The van der Waals surface area contributed by atoms with E-state index >= 15 is 0 Å². The van der Waals surface area contributed by atoms with E-state index in [2.05, 4.69) is 15.3 Å². The van der Waals surface area contributed by atoms with Gasteiger partial charge in [-0.2, -0.15) is 4.39 Å². The number of benzene rings is 2. The van der Waals surface area contributed by atoms with Gasteiger partial charge in [-0.1, -0.05) is 53.7 Å². The van der Waals surface area contributed by atoms with Gasteiger partial charge in [-0.25, -0.2) is 9.97 Å². The lowest BCUT2D eigenvalue weighted by molar-refractivity contribution is -0.387. The smallest absolute Gasteiger partial charge is 0.305 e. The Kier molecular flexibility index (Phi) is 8.86. The Balaban J connectivity index is 0.000000245. The Bertz CT molecular complexity index is 1090. The second-order valence-corrected chi connectivity index (χ2v) is 7.10. The van der Waals surface area contributed by atoms with Crippen LogP contribution >= 0.6 is 23.4 Å². The van der Waals surface area contributed by atoms with Crippen LogP contribution in [-0.4, -0.2) is 34.0 Å². The number of aromatic nitrogens is 2. The molecular formula is C20H19ClFN5O3S. The van der Waals surface area contributed by atoms with Gasteiger partial charge in [-0.05, 0) is 6.26 Å². The molecule has 3 aromatic rings. The molecule has 0 unspecified atom stereocenters. The maximum absolute atomic E-state index is 13.3. The summed E-state index contributed by atoms with van der Waals surface area (Å²) in [5, 5.41) is 14.2. The number of carbonyl (C=O) groups excluding carboxylic acids is 1. The number of thioether (sulfide) groups is 1. The van der Waals surface area contributed by atoms with Gasteiger partial charge in [0, 0.05) is 48.6 Å². The summed E-state index contributed by atoms with van der Waals surface area (Å²) in [7, 11) is 1.82. The van der Waals surface area contributed by atoms with E-state index in [0.717, 1.165) is 28.7 Å². The number of halogens is 2. The molecule has 1 aromatic heterocycles. The largest absolute Gasteiger partial charge is 0.373 e. The minimum absolute atomic E-state index is 0.0963. The van der Waals surface area contributed by atoms with Crippen molar-refractivity contribution in [2.45, 2.75) is 11.7 Å². The first-order chi connectivity index (χ1) is 14.8. The number of nitrogens with two attached hydrogens (primary N) is 1. The summed E-state index contributed by atoms with van der Waals surface area (Å²) >= 11 is 7.28. The van der Waals surface area contributed by atoms with E-state index in [9.17, 15) is 19.3 Å². The highest BCUT2D eigenvalue weighted by Gasteiger charge is 2.21. The molecule has 1 heterocycles. The molecule has 0 aliphatic heterocycles. The molecule has 3 rings (SSSR count). The Morgan fingerprint density at radius 3 is 2.55 bits per heavy atom. The van der Waals surface area contributed by atoms with Crippen molar-refractivity contribution in [2.24, 2.45) is 5.73 Å². The molecule has 0 radical (unpaired) electrons. The van der Waals surface area contributed by atoms with Crippen molar-refractivity contribution in [3.05, 3.63) is 86.3 Å². The van der Waals surface area contributed by atoms with E-state index in [1.165, 1.54) is 11.8 Å².